The molecule has 2 aromatic rings. The molecule has 31 heavy (non-hydrogen) atoms. The van der Waals surface area contributed by atoms with Gasteiger partial charge in [-0.05, 0) is 16.7 Å². The summed E-state index contributed by atoms with van der Waals surface area (Å²) in [6.45, 7) is -0.786. The Kier molecular flexibility index (Phi) is 5.36. The SMILES string of the molecule is C#CCCN1C(=O)C2C(c3ccc(-c4ccccc4)cc3)NC(CO)(C(=O)O)C2C1=O. The molecule has 7 heteroatoms. The summed E-state index contributed by atoms with van der Waals surface area (Å²) in [5.74, 6) is -2.19. The van der Waals surface area contributed by atoms with E-state index in [2.05, 4.69) is 11.2 Å². The Balaban J connectivity index is 1.73. The number of carboxylic acid groups (broad SMARTS) is 1. The fraction of sp³-hybridized carbons (Fsp3) is 0.292. The minimum absolute atomic E-state index is 0.0297. The molecule has 4 atom stereocenters. The monoisotopic (exact) mass is 418 g/mol. The van der Waals surface area contributed by atoms with E-state index in [1.807, 2.05) is 54.6 Å². The first kappa shape index (κ1) is 20.8. The van der Waals surface area contributed by atoms with Gasteiger partial charge in [-0.1, -0.05) is 54.6 Å². The van der Waals surface area contributed by atoms with Crippen LogP contribution in [0.1, 0.15) is 18.0 Å². The summed E-state index contributed by atoms with van der Waals surface area (Å²) in [4.78, 5) is 39.3. The number of benzene rings is 2. The fourth-order valence-corrected chi connectivity index (χ4v) is 4.67. The molecule has 158 valence electrons. The van der Waals surface area contributed by atoms with Crippen molar-refractivity contribution in [1.29, 1.82) is 0 Å². The molecule has 3 N–H and O–H groups in total. The Morgan fingerprint density at radius 1 is 1.06 bits per heavy atom. The first-order chi connectivity index (χ1) is 14.9. The van der Waals surface area contributed by atoms with Gasteiger partial charge in [0.25, 0.3) is 0 Å². The number of terminal acetylenes is 1. The largest absolute Gasteiger partial charge is 0.480 e. The van der Waals surface area contributed by atoms with Gasteiger partial charge in [0.2, 0.25) is 11.8 Å². The third-order valence-corrected chi connectivity index (χ3v) is 6.23. The third kappa shape index (κ3) is 3.21. The van der Waals surface area contributed by atoms with Crippen LogP contribution in [-0.4, -0.2) is 51.6 Å². The van der Waals surface area contributed by atoms with Crippen LogP contribution >= 0.6 is 0 Å². The number of carboxylic acids is 1. The average molecular weight is 418 g/mol. The average Bonchev–Trinajstić information content (AvgIpc) is 3.27. The molecule has 0 spiro atoms. The van der Waals surface area contributed by atoms with E-state index < -0.39 is 47.8 Å². The van der Waals surface area contributed by atoms with Crippen LogP contribution in [0.3, 0.4) is 0 Å². The molecule has 2 saturated heterocycles. The van der Waals surface area contributed by atoms with E-state index >= 15 is 0 Å². The second-order valence-electron chi connectivity index (χ2n) is 7.83. The Morgan fingerprint density at radius 2 is 1.71 bits per heavy atom. The van der Waals surface area contributed by atoms with E-state index in [-0.39, 0.29) is 13.0 Å². The molecular weight excluding hydrogens is 396 g/mol. The number of nitrogens with one attached hydrogen (secondary N) is 1. The van der Waals surface area contributed by atoms with Gasteiger partial charge in [-0.3, -0.25) is 24.6 Å². The van der Waals surface area contributed by atoms with Crippen LogP contribution in [0.15, 0.2) is 54.6 Å². The molecule has 2 aromatic carbocycles. The molecule has 2 heterocycles. The van der Waals surface area contributed by atoms with E-state index in [1.165, 1.54) is 0 Å². The number of nitrogens with zero attached hydrogens (tertiary/aromatic N) is 1. The Hall–Kier alpha value is -3.47. The van der Waals surface area contributed by atoms with E-state index in [0.29, 0.717) is 5.56 Å². The zero-order valence-electron chi connectivity index (χ0n) is 16.7. The Labute approximate surface area is 179 Å². The summed E-state index contributed by atoms with van der Waals surface area (Å²) in [6, 6.07) is 16.4. The normalized spacial score (nSPS) is 27.2. The number of likely N-dealkylation sites (tertiary alicyclic amines) is 1. The lowest BCUT2D eigenvalue weighted by molar-refractivity contribution is -0.153. The molecule has 0 aliphatic carbocycles. The Bertz CT molecular complexity index is 1060. The molecule has 0 aromatic heterocycles. The number of carbonyl (C=O) groups is 3. The van der Waals surface area contributed by atoms with Gasteiger partial charge in [0, 0.05) is 19.0 Å². The first-order valence-electron chi connectivity index (χ1n) is 10.0. The summed E-state index contributed by atoms with van der Waals surface area (Å²) < 4.78 is 0. The standard InChI is InChI=1S/C24H22N2O5/c1-2-3-13-26-21(28)18-19(22(26)29)24(14-27,23(30)31)25-20(18)17-11-9-16(10-12-17)15-7-5-4-6-8-15/h1,4-12,18-20,25,27H,3,13-14H2,(H,30,31). The Morgan fingerprint density at radius 3 is 2.29 bits per heavy atom. The summed E-state index contributed by atoms with van der Waals surface area (Å²) in [6.07, 6.45) is 5.46. The van der Waals surface area contributed by atoms with Crippen molar-refractivity contribution in [3.63, 3.8) is 0 Å². The minimum Gasteiger partial charge on any atom is -0.480 e. The predicted molar refractivity (Wildman–Crippen MR) is 112 cm³/mol. The number of carbonyl (C=O) groups excluding carboxylic acids is 2. The number of imide groups is 1. The van der Waals surface area contributed by atoms with Crippen LogP contribution in [-0.2, 0) is 14.4 Å². The second kappa shape index (κ2) is 7.99. The summed E-state index contributed by atoms with van der Waals surface area (Å²) in [7, 11) is 0. The first-order valence-corrected chi connectivity index (χ1v) is 10.0. The smallest absolute Gasteiger partial charge is 0.327 e. The fourth-order valence-electron chi connectivity index (χ4n) is 4.67. The predicted octanol–water partition coefficient (Wildman–Crippen LogP) is 1.44. The highest BCUT2D eigenvalue weighted by molar-refractivity contribution is 6.09. The van der Waals surface area contributed by atoms with Crippen molar-refractivity contribution in [2.75, 3.05) is 13.2 Å². The van der Waals surface area contributed by atoms with Crippen molar-refractivity contribution in [2.45, 2.75) is 18.0 Å². The van der Waals surface area contributed by atoms with Gasteiger partial charge in [0.1, 0.15) is 0 Å². The zero-order valence-corrected chi connectivity index (χ0v) is 16.7. The summed E-state index contributed by atoms with van der Waals surface area (Å²) in [5, 5.41) is 22.8. The van der Waals surface area contributed by atoms with Gasteiger partial charge in [0.05, 0.1) is 18.4 Å². The van der Waals surface area contributed by atoms with Crippen molar-refractivity contribution >= 4 is 17.8 Å². The minimum atomic E-state index is -1.94. The van der Waals surface area contributed by atoms with Gasteiger partial charge in [-0.25, -0.2) is 0 Å². The summed E-state index contributed by atoms with van der Waals surface area (Å²) >= 11 is 0. The zero-order chi connectivity index (χ0) is 22.2. The number of hydrogen-bond donors (Lipinski definition) is 3. The quantitative estimate of drug-likeness (QED) is 0.484. The molecule has 2 aliphatic heterocycles. The number of fused-ring (bicyclic) bond motifs is 1. The number of amides is 2. The van der Waals surface area contributed by atoms with Crippen molar-refractivity contribution in [3.8, 4) is 23.5 Å². The van der Waals surface area contributed by atoms with Gasteiger partial charge in [-0.15, -0.1) is 12.3 Å². The topological polar surface area (TPSA) is 107 Å². The number of aliphatic hydroxyl groups is 1. The van der Waals surface area contributed by atoms with E-state index in [1.54, 1.807) is 0 Å². The molecular formula is C24H22N2O5. The molecule has 7 nitrogen and oxygen atoms in total. The van der Waals surface area contributed by atoms with Crippen LogP contribution in [0, 0.1) is 24.2 Å². The maximum absolute atomic E-state index is 13.1. The van der Waals surface area contributed by atoms with E-state index in [0.717, 1.165) is 16.0 Å². The van der Waals surface area contributed by atoms with Crippen LogP contribution in [0.5, 0.6) is 0 Å². The highest BCUT2D eigenvalue weighted by Crippen LogP contribution is 2.48. The third-order valence-electron chi connectivity index (χ3n) is 6.23. The highest BCUT2D eigenvalue weighted by Gasteiger charge is 2.68. The van der Waals surface area contributed by atoms with Gasteiger partial charge in [0.15, 0.2) is 5.54 Å². The molecule has 2 fully saturated rings. The second-order valence-corrected chi connectivity index (χ2v) is 7.83. The highest BCUT2D eigenvalue weighted by atomic mass is 16.4. The molecule has 2 aliphatic rings. The van der Waals surface area contributed by atoms with Crippen LogP contribution in [0.4, 0.5) is 0 Å². The van der Waals surface area contributed by atoms with E-state index in [9.17, 15) is 24.6 Å². The molecule has 4 rings (SSSR count). The van der Waals surface area contributed by atoms with Crippen LogP contribution in [0.25, 0.3) is 11.1 Å². The molecule has 0 radical (unpaired) electrons. The van der Waals surface area contributed by atoms with Crippen molar-refractivity contribution < 1.29 is 24.6 Å². The maximum atomic E-state index is 13.1. The maximum Gasteiger partial charge on any atom is 0.327 e. The number of rotatable bonds is 6. The van der Waals surface area contributed by atoms with Crippen LogP contribution in [0.2, 0.25) is 0 Å². The molecule has 0 saturated carbocycles. The molecule has 0 bridgehead atoms. The van der Waals surface area contributed by atoms with Gasteiger partial charge >= 0.3 is 5.97 Å². The number of hydrogen-bond acceptors (Lipinski definition) is 5. The van der Waals surface area contributed by atoms with Crippen molar-refractivity contribution in [2.24, 2.45) is 11.8 Å². The lowest BCUT2D eigenvalue weighted by atomic mass is 9.79. The van der Waals surface area contributed by atoms with Crippen molar-refractivity contribution in [1.82, 2.24) is 10.2 Å². The number of aliphatic hydroxyl groups excluding tert-OH is 1. The van der Waals surface area contributed by atoms with Crippen LogP contribution < -0.4 is 5.32 Å². The van der Waals surface area contributed by atoms with Crippen molar-refractivity contribution in [3.05, 3.63) is 60.2 Å². The van der Waals surface area contributed by atoms with Gasteiger partial charge in [-0.2, -0.15) is 0 Å². The lowest BCUT2D eigenvalue weighted by Crippen LogP contribution is -2.58. The van der Waals surface area contributed by atoms with E-state index in [4.69, 9.17) is 6.42 Å². The summed E-state index contributed by atoms with van der Waals surface area (Å²) in [5.41, 5.74) is 0.723. The lowest BCUT2D eigenvalue weighted by Gasteiger charge is -2.29. The molecule has 2 amide bonds. The molecule has 4 unspecified atom stereocenters. The number of aliphatic carboxylic acids is 1. The van der Waals surface area contributed by atoms with Gasteiger partial charge < -0.3 is 10.2 Å².